The molecule has 0 aliphatic heterocycles. The van der Waals surface area contributed by atoms with Crippen LogP contribution in [0.3, 0.4) is 0 Å². The molecule has 6 nitrogen and oxygen atoms in total. The first-order valence-electron chi connectivity index (χ1n) is 5.66. The summed E-state index contributed by atoms with van der Waals surface area (Å²) >= 11 is 0. The van der Waals surface area contributed by atoms with Crippen LogP contribution in [0.4, 0.5) is 0 Å². The third-order valence-corrected chi connectivity index (χ3v) is 2.58. The average Bonchev–Trinajstić information content (AvgIpc) is 2.43. The Kier molecular flexibility index (Phi) is 3.82. The van der Waals surface area contributed by atoms with E-state index in [1.165, 1.54) is 13.2 Å². The second-order valence-electron chi connectivity index (χ2n) is 3.83. The van der Waals surface area contributed by atoms with E-state index in [4.69, 9.17) is 14.3 Å². The number of benzene rings is 1. The molecule has 2 rings (SSSR count). The predicted molar refractivity (Wildman–Crippen MR) is 68.5 cm³/mol. The first-order valence-corrected chi connectivity index (χ1v) is 5.66. The Bertz CT molecular complexity index is 662. The molecule has 2 N–H and O–H groups in total. The van der Waals surface area contributed by atoms with Crippen LogP contribution in [-0.2, 0) is 0 Å². The monoisotopic (exact) mass is 263 g/mol. The quantitative estimate of drug-likeness (QED) is 0.785. The van der Waals surface area contributed by atoms with E-state index in [-0.39, 0.29) is 18.7 Å². The molecule has 0 unspecified atom stereocenters. The van der Waals surface area contributed by atoms with E-state index in [0.717, 1.165) is 0 Å². The standard InChI is InChI=1S/C13H13NO5/c1-18-9-2-3-11-8(6-9)7-10(13(17)19-11)12(16)14-4-5-15/h2-3,6-7,15H,4-5H2,1H3,(H,14,16). The van der Waals surface area contributed by atoms with Crippen molar-refractivity contribution >= 4 is 16.9 Å². The van der Waals surface area contributed by atoms with Crippen molar-refractivity contribution in [3.05, 3.63) is 40.2 Å². The molecule has 0 saturated carbocycles. The van der Waals surface area contributed by atoms with Crippen molar-refractivity contribution in [3.8, 4) is 5.75 Å². The van der Waals surface area contributed by atoms with Crippen molar-refractivity contribution in [1.82, 2.24) is 5.32 Å². The van der Waals surface area contributed by atoms with Crippen molar-refractivity contribution in [1.29, 1.82) is 0 Å². The van der Waals surface area contributed by atoms with Gasteiger partial charge >= 0.3 is 5.63 Å². The van der Waals surface area contributed by atoms with Crippen LogP contribution in [0.1, 0.15) is 10.4 Å². The predicted octanol–water partition coefficient (Wildman–Crippen LogP) is 0.524. The van der Waals surface area contributed by atoms with Crippen molar-refractivity contribution in [2.45, 2.75) is 0 Å². The van der Waals surface area contributed by atoms with Crippen LogP contribution in [0.15, 0.2) is 33.5 Å². The fourth-order valence-corrected chi connectivity index (χ4v) is 1.65. The summed E-state index contributed by atoms with van der Waals surface area (Å²) in [7, 11) is 1.52. The molecule has 2 aromatic rings. The van der Waals surface area contributed by atoms with Crippen molar-refractivity contribution in [3.63, 3.8) is 0 Å². The van der Waals surface area contributed by atoms with Crippen LogP contribution in [0, 0.1) is 0 Å². The molecule has 0 aliphatic rings. The van der Waals surface area contributed by atoms with Crippen LogP contribution >= 0.6 is 0 Å². The van der Waals surface area contributed by atoms with Crippen LogP contribution in [0.25, 0.3) is 11.0 Å². The lowest BCUT2D eigenvalue weighted by atomic mass is 10.1. The molecule has 19 heavy (non-hydrogen) atoms. The minimum atomic E-state index is -0.715. The minimum Gasteiger partial charge on any atom is -0.497 e. The number of rotatable bonds is 4. The summed E-state index contributed by atoms with van der Waals surface area (Å²) in [6.45, 7) is -0.118. The average molecular weight is 263 g/mol. The highest BCUT2D eigenvalue weighted by atomic mass is 16.5. The van der Waals surface area contributed by atoms with Gasteiger partial charge in [-0.3, -0.25) is 4.79 Å². The molecule has 100 valence electrons. The lowest BCUT2D eigenvalue weighted by Gasteiger charge is -2.04. The van der Waals surface area contributed by atoms with Crippen LogP contribution in [0.5, 0.6) is 5.75 Å². The summed E-state index contributed by atoms with van der Waals surface area (Å²) in [4.78, 5) is 23.4. The number of aliphatic hydroxyl groups excluding tert-OH is 1. The molecular formula is C13H13NO5. The van der Waals surface area contributed by atoms with Gasteiger partial charge in [-0.05, 0) is 24.3 Å². The first-order chi connectivity index (χ1) is 9.15. The van der Waals surface area contributed by atoms with Gasteiger partial charge in [-0.25, -0.2) is 4.79 Å². The number of methoxy groups -OCH3 is 1. The van der Waals surface area contributed by atoms with Gasteiger partial charge in [0.15, 0.2) is 0 Å². The van der Waals surface area contributed by atoms with Crippen molar-refractivity contribution < 1.29 is 19.1 Å². The number of hydrogen-bond donors (Lipinski definition) is 2. The topological polar surface area (TPSA) is 88.8 Å². The molecule has 0 aliphatic carbocycles. The van der Waals surface area contributed by atoms with E-state index in [1.54, 1.807) is 18.2 Å². The molecule has 0 atom stereocenters. The number of carbonyl (C=O) groups is 1. The molecular weight excluding hydrogens is 250 g/mol. The second kappa shape index (κ2) is 5.53. The third kappa shape index (κ3) is 2.74. The van der Waals surface area contributed by atoms with Gasteiger partial charge in [0.2, 0.25) is 0 Å². The van der Waals surface area contributed by atoms with E-state index in [9.17, 15) is 9.59 Å². The summed E-state index contributed by atoms with van der Waals surface area (Å²) < 4.78 is 10.1. The highest BCUT2D eigenvalue weighted by Crippen LogP contribution is 2.20. The van der Waals surface area contributed by atoms with Crippen LogP contribution in [0.2, 0.25) is 0 Å². The Morgan fingerprint density at radius 1 is 1.42 bits per heavy atom. The normalized spacial score (nSPS) is 10.4. The lowest BCUT2D eigenvalue weighted by Crippen LogP contribution is -2.30. The Labute approximate surface area is 108 Å². The highest BCUT2D eigenvalue weighted by molar-refractivity contribution is 5.96. The molecule has 1 aromatic carbocycles. The van der Waals surface area contributed by atoms with Gasteiger partial charge in [-0.1, -0.05) is 0 Å². The number of amides is 1. The van der Waals surface area contributed by atoms with Crippen molar-refractivity contribution in [2.24, 2.45) is 0 Å². The van der Waals surface area contributed by atoms with E-state index in [1.807, 2.05) is 0 Å². The summed E-state index contributed by atoms with van der Waals surface area (Å²) in [5.74, 6) is 0.0237. The van der Waals surface area contributed by atoms with Gasteiger partial charge in [-0.15, -0.1) is 0 Å². The minimum absolute atomic E-state index is 0.0778. The maximum Gasteiger partial charge on any atom is 0.349 e. The molecule has 1 amide bonds. The molecule has 6 heteroatoms. The number of carbonyl (C=O) groups excluding carboxylic acids is 1. The number of fused-ring (bicyclic) bond motifs is 1. The third-order valence-electron chi connectivity index (χ3n) is 2.58. The maximum atomic E-state index is 11.7. The van der Waals surface area contributed by atoms with E-state index in [0.29, 0.717) is 16.7 Å². The zero-order valence-electron chi connectivity index (χ0n) is 10.3. The van der Waals surface area contributed by atoms with Crippen LogP contribution < -0.4 is 15.7 Å². The van der Waals surface area contributed by atoms with Crippen LogP contribution in [-0.4, -0.2) is 31.3 Å². The number of nitrogens with one attached hydrogen (secondary N) is 1. The lowest BCUT2D eigenvalue weighted by molar-refractivity contribution is 0.0941. The molecule has 0 spiro atoms. The Balaban J connectivity index is 2.47. The summed E-state index contributed by atoms with van der Waals surface area (Å²) in [6, 6.07) is 6.37. The molecule has 1 heterocycles. The summed E-state index contributed by atoms with van der Waals surface area (Å²) in [5.41, 5.74) is -0.438. The molecule has 0 bridgehead atoms. The second-order valence-corrected chi connectivity index (χ2v) is 3.83. The van der Waals surface area contributed by atoms with Gasteiger partial charge in [0, 0.05) is 11.9 Å². The van der Waals surface area contributed by atoms with Gasteiger partial charge < -0.3 is 19.6 Å². The highest BCUT2D eigenvalue weighted by Gasteiger charge is 2.13. The number of aliphatic hydroxyl groups is 1. The Morgan fingerprint density at radius 3 is 2.89 bits per heavy atom. The molecule has 0 radical (unpaired) electrons. The van der Waals surface area contributed by atoms with E-state index >= 15 is 0 Å². The van der Waals surface area contributed by atoms with Gasteiger partial charge in [0.25, 0.3) is 5.91 Å². The zero-order chi connectivity index (χ0) is 13.8. The first kappa shape index (κ1) is 13.1. The van der Waals surface area contributed by atoms with Crippen molar-refractivity contribution in [2.75, 3.05) is 20.3 Å². The van der Waals surface area contributed by atoms with Gasteiger partial charge in [0.05, 0.1) is 13.7 Å². The number of hydrogen-bond acceptors (Lipinski definition) is 5. The Morgan fingerprint density at radius 2 is 2.21 bits per heavy atom. The summed E-state index contributed by atoms with van der Waals surface area (Å²) in [6.07, 6.45) is 0. The smallest absolute Gasteiger partial charge is 0.349 e. The van der Waals surface area contributed by atoms with E-state index < -0.39 is 11.5 Å². The molecule has 0 saturated heterocycles. The fraction of sp³-hybridized carbons (Fsp3) is 0.231. The number of ether oxygens (including phenoxy) is 1. The fourth-order valence-electron chi connectivity index (χ4n) is 1.65. The summed E-state index contributed by atoms with van der Waals surface area (Å²) in [5, 5.41) is 11.6. The van der Waals surface area contributed by atoms with E-state index in [2.05, 4.69) is 5.32 Å². The maximum absolute atomic E-state index is 11.7. The largest absolute Gasteiger partial charge is 0.497 e. The van der Waals surface area contributed by atoms with Gasteiger partial charge in [-0.2, -0.15) is 0 Å². The molecule has 1 aromatic heterocycles. The zero-order valence-corrected chi connectivity index (χ0v) is 10.3. The molecule has 0 fully saturated rings. The van der Waals surface area contributed by atoms with Gasteiger partial charge in [0.1, 0.15) is 16.9 Å². The Hall–Kier alpha value is -2.34. The SMILES string of the molecule is COc1ccc2oc(=O)c(C(=O)NCCO)cc2c1.